The summed E-state index contributed by atoms with van der Waals surface area (Å²) in [4.78, 5) is 10.8. The first-order valence-corrected chi connectivity index (χ1v) is 5.27. The van der Waals surface area contributed by atoms with E-state index in [4.69, 9.17) is 9.84 Å². The molecular weight excluding hydrogens is 227 g/mol. The molecule has 0 amide bonds. The van der Waals surface area contributed by atoms with Crippen LogP contribution in [0.3, 0.4) is 0 Å². The standard InChI is InChI=1S/C12H13FO4/c1-17-9-5-7(13)4-8(14)11(9)12(2-3-12)6-10(15)16/h4-5,14H,2-3,6H2,1H3,(H,15,16). The second kappa shape index (κ2) is 3.91. The van der Waals surface area contributed by atoms with Crippen LogP contribution in [-0.4, -0.2) is 23.3 Å². The number of phenols is 1. The highest BCUT2D eigenvalue weighted by molar-refractivity contribution is 5.71. The van der Waals surface area contributed by atoms with Crippen molar-refractivity contribution in [2.75, 3.05) is 7.11 Å². The van der Waals surface area contributed by atoms with Gasteiger partial charge in [0.1, 0.15) is 17.3 Å². The number of phenolic OH excluding ortho intramolecular Hbond substituents is 1. The molecule has 1 fully saturated rings. The molecule has 0 atom stereocenters. The average Bonchev–Trinajstić information content (AvgIpc) is 2.95. The third kappa shape index (κ3) is 2.05. The fourth-order valence-electron chi connectivity index (χ4n) is 2.22. The highest BCUT2D eigenvalue weighted by Crippen LogP contribution is 2.56. The van der Waals surface area contributed by atoms with Gasteiger partial charge in [-0.1, -0.05) is 0 Å². The summed E-state index contributed by atoms with van der Waals surface area (Å²) < 4.78 is 18.1. The number of ether oxygens (including phenoxy) is 1. The Balaban J connectivity index is 2.48. The SMILES string of the molecule is COc1cc(F)cc(O)c1C1(CC(=O)O)CC1. The zero-order chi connectivity index (χ0) is 12.6. The Morgan fingerprint density at radius 3 is 2.65 bits per heavy atom. The quantitative estimate of drug-likeness (QED) is 0.845. The Bertz CT molecular complexity index is 466. The molecule has 1 aliphatic carbocycles. The van der Waals surface area contributed by atoms with Gasteiger partial charge in [0.05, 0.1) is 13.5 Å². The molecule has 17 heavy (non-hydrogen) atoms. The van der Waals surface area contributed by atoms with Gasteiger partial charge in [-0.15, -0.1) is 0 Å². The van der Waals surface area contributed by atoms with Crippen molar-refractivity contribution in [3.05, 3.63) is 23.5 Å². The van der Waals surface area contributed by atoms with Crippen molar-refractivity contribution in [3.63, 3.8) is 0 Å². The lowest BCUT2D eigenvalue weighted by Crippen LogP contribution is -2.14. The predicted octanol–water partition coefficient (Wildman–Crippen LogP) is 2.05. The minimum absolute atomic E-state index is 0.0808. The van der Waals surface area contributed by atoms with E-state index in [1.165, 1.54) is 7.11 Å². The van der Waals surface area contributed by atoms with E-state index in [1.54, 1.807) is 0 Å². The number of methoxy groups -OCH3 is 1. The van der Waals surface area contributed by atoms with Crippen LogP contribution in [0.5, 0.6) is 11.5 Å². The van der Waals surface area contributed by atoms with E-state index >= 15 is 0 Å². The molecule has 4 nitrogen and oxygen atoms in total. The van der Waals surface area contributed by atoms with Crippen molar-refractivity contribution < 1.29 is 24.1 Å². The second-order valence-electron chi connectivity index (χ2n) is 4.35. The van der Waals surface area contributed by atoms with Crippen LogP contribution in [0.1, 0.15) is 24.8 Å². The van der Waals surface area contributed by atoms with Gasteiger partial charge in [0.15, 0.2) is 0 Å². The molecule has 5 heteroatoms. The summed E-state index contributed by atoms with van der Waals surface area (Å²) >= 11 is 0. The van der Waals surface area contributed by atoms with Gasteiger partial charge < -0.3 is 14.9 Å². The van der Waals surface area contributed by atoms with Crippen LogP contribution < -0.4 is 4.74 Å². The number of carboxylic acids is 1. The minimum Gasteiger partial charge on any atom is -0.507 e. The maximum atomic E-state index is 13.1. The van der Waals surface area contributed by atoms with Crippen molar-refractivity contribution >= 4 is 5.97 Å². The van der Waals surface area contributed by atoms with Crippen LogP contribution in [0, 0.1) is 5.82 Å². The Hall–Kier alpha value is -1.78. The Labute approximate surface area is 97.6 Å². The fraction of sp³-hybridized carbons (Fsp3) is 0.417. The topological polar surface area (TPSA) is 66.8 Å². The van der Waals surface area contributed by atoms with Gasteiger partial charge in [0.25, 0.3) is 0 Å². The molecule has 0 bridgehead atoms. The number of aliphatic carboxylic acids is 1. The smallest absolute Gasteiger partial charge is 0.304 e. The number of halogens is 1. The summed E-state index contributed by atoms with van der Waals surface area (Å²) in [7, 11) is 1.37. The van der Waals surface area contributed by atoms with E-state index < -0.39 is 17.2 Å². The number of benzene rings is 1. The Morgan fingerprint density at radius 2 is 2.18 bits per heavy atom. The molecular formula is C12H13FO4. The number of rotatable bonds is 4. The molecule has 1 saturated carbocycles. The molecule has 1 aromatic carbocycles. The molecule has 0 aromatic heterocycles. The molecule has 2 rings (SSSR count). The van der Waals surface area contributed by atoms with Gasteiger partial charge in [-0.25, -0.2) is 4.39 Å². The average molecular weight is 240 g/mol. The number of carbonyl (C=O) groups is 1. The van der Waals surface area contributed by atoms with Crippen molar-refractivity contribution in [2.24, 2.45) is 0 Å². The zero-order valence-corrected chi connectivity index (χ0v) is 9.36. The normalized spacial score (nSPS) is 16.6. The lowest BCUT2D eigenvalue weighted by molar-refractivity contribution is -0.137. The summed E-state index contributed by atoms with van der Waals surface area (Å²) in [6.45, 7) is 0. The molecule has 0 aliphatic heterocycles. The van der Waals surface area contributed by atoms with Crippen LogP contribution in [0.4, 0.5) is 4.39 Å². The van der Waals surface area contributed by atoms with Gasteiger partial charge in [-0.05, 0) is 12.8 Å². The number of hydrogen-bond acceptors (Lipinski definition) is 3. The molecule has 0 saturated heterocycles. The van der Waals surface area contributed by atoms with Gasteiger partial charge in [0, 0.05) is 23.1 Å². The number of hydrogen-bond donors (Lipinski definition) is 2. The maximum Gasteiger partial charge on any atom is 0.304 e. The summed E-state index contributed by atoms with van der Waals surface area (Å²) in [5, 5.41) is 18.6. The van der Waals surface area contributed by atoms with E-state index in [-0.39, 0.29) is 17.9 Å². The van der Waals surface area contributed by atoms with Crippen molar-refractivity contribution in [1.82, 2.24) is 0 Å². The summed E-state index contributed by atoms with van der Waals surface area (Å²) in [6.07, 6.45) is 1.24. The maximum absolute atomic E-state index is 13.1. The third-order valence-electron chi connectivity index (χ3n) is 3.14. The van der Waals surface area contributed by atoms with Crippen molar-refractivity contribution in [3.8, 4) is 11.5 Å². The van der Waals surface area contributed by atoms with E-state index in [2.05, 4.69) is 0 Å². The predicted molar refractivity (Wildman–Crippen MR) is 57.8 cm³/mol. The molecule has 2 N–H and O–H groups in total. The van der Waals surface area contributed by atoms with Crippen LogP contribution in [0.15, 0.2) is 12.1 Å². The molecule has 1 aliphatic rings. The first-order chi connectivity index (χ1) is 7.98. The van der Waals surface area contributed by atoms with Gasteiger partial charge >= 0.3 is 5.97 Å². The Morgan fingerprint density at radius 1 is 1.53 bits per heavy atom. The number of aromatic hydroxyl groups is 1. The van der Waals surface area contributed by atoms with E-state index in [0.717, 1.165) is 12.1 Å². The first kappa shape index (κ1) is 11.7. The minimum atomic E-state index is -0.937. The highest BCUT2D eigenvalue weighted by Gasteiger charge is 2.49. The van der Waals surface area contributed by atoms with E-state index in [9.17, 15) is 14.3 Å². The molecule has 0 radical (unpaired) electrons. The van der Waals surface area contributed by atoms with Crippen LogP contribution in [0.2, 0.25) is 0 Å². The molecule has 0 heterocycles. The third-order valence-corrected chi connectivity index (χ3v) is 3.14. The first-order valence-electron chi connectivity index (χ1n) is 5.27. The largest absolute Gasteiger partial charge is 0.507 e. The summed E-state index contributed by atoms with van der Waals surface area (Å²) in [5.74, 6) is -1.57. The lowest BCUT2D eigenvalue weighted by atomic mass is 9.90. The van der Waals surface area contributed by atoms with Crippen LogP contribution in [-0.2, 0) is 10.2 Å². The van der Waals surface area contributed by atoms with Gasteiger partial charge in [-0.3, -0.25) is 4.79 Å². The van der Waals surface area contributed by atoms with Crippen LogP contribution in [0.25, 0.3) is 0 Å². The Kier molecular flexibility index (Phi) is 2.69. The van der Waals surface area contributed by atoms with Gasteiger partial charge in [0.2, 0.25) is 0 Å². The molecule has 0 unspecified atom stereocenters. The molecule has 1 aromatic rings. The molecule has 0 spiro atoms. The van der Waals surface area contributed by atoms with Crippen LogP contribution >= 0.6 is 0 Å². The lowest BCUT2D eigenvalue weighted by Gasteiger charge is -2.18. The summed E-state index contributed by atoms with van der Waals surface area (Å²) in [5.41, 5.74) is -0.196. The second-order valence-corrected chi connectivity index (χ2v) is 4.35. The van der Waals surface area contributed by atoms with Gasteiger partial charge in [-0.2, -0.15) is 0 Å². The fourth-order valence-corrected chi connectivity index (χ4v) is 2.22. The number of carboxylic acid groups (broad SMARTS) is 1. The summed E-state index contributed by atoms with van der Waals surface area (Å²) in [6, 6.07) is 2.15. The zero-order valence-electron chi connectivity index (χ0n) is 9.36. The van der Waals surface area contributed by atoms with E-state index in [1.807, 2.05) is 0 Å². The van der Waals surface area contributed by atoms with Crippen molar-refractivity contribution in [2.45, 2.75) is 24.7 Å². The monoisotopic (exact) mass is 240 g/mol. The van der Waals surface area contributed by atoms with E-state index in [0.29, 0.717) is 18.4 Å². The highest BCUT2D eigenvalue weighted by atomic mass is 19.1. The van der Waals surface area contributed by atoms with Crippen molar-refractivity contribution in [1.29, 1.82) is 0 Å². The molecule has 92 valence electrons.